The zero-order valence-electron chi connectivity index (χ0n) is 20.7. The van der Waals surface area contributed by atoms with E-state index in [0.29, 0.717) is 33.3 Å². The summed E-state index contributed by atoms with van der Waals surface area (Å²) in [6.07, 6.45) is 2.09. The second-order valence-corrected chi connectivity index (χ2v) is 11.2. The first-order chi connectivity index (χ1) is 16.4. The van der Waals surface area contributed by atoms with Crippen LogP contribution in [0.2, 0.25) is 10.0 Å². The van der Waals surface area contributed by atoms with Crippen LogP contribution in [-0.2, 0) is 26.2 Å². The molecule has 0 bridgehead atoms. The van der Waals surface area contributed by atoms with Gasteiger partial charge in [-0.1, -0.05) is 61.3 Å². The maximum Gasteiger partial charge on any atom is 0.244 e. The van der Waals surface area contributed by atoms with E-state index in [4.69, 9.17) is 23.2 Å². The number of nitrogens with zero attached hydrogens (tertiary/aromatic N) is 2. The molecular formula is C25H33Cl2N3O4S. The van der Waals surface area contributed by atoms with Gasteiger partial charge >= 0.3 is 0 Å². The van der Waals surface area contributed by atoms with E-state index in [2.05, 4.69) is 5.32 Å². The molecule has 0 fully saturated rings. The lowest BCUT2D eigenvalue weighted by atomic mass is 10.1. The normalized spacial score (nSPS) is 13.1. The summed E-state index contributed by atoms with van der Waals surface area (Å²) in [6.45, 7) is 6.88. The molecule has 2 rings (SSSR count). The van der Waals surface area contributed by atoms with Gasteiger partial charge in [0.1, 0.15) is 12.6 Å². The van der Waals surface area contributed by atoms with Crippen molar-refractivity contribution < 1.29 is 18.0 Å². The summed E-state index contributed by atoms with van der Waals surface area (Å²) in [4.78, 5) is 28.2. The maximum atomic E-state index is 13.7. The summed E-state index contributed by atoms with van der Waals surface area (Å²) in [6, 6.07) is 11.0. The standard InChI is InChI=1S/C25H33Cl2N3O4S/c1-6-18(4)28-25(32)22(7-2)29(15-19-20(26)12-10-13-21(19)27)24(31)16-30(35(5,33)34)23-14-9-8-11-17(23)3/h8-14,18,22H,6-7,15-16H2,1-5H3,(H,28,32). The number of para-hydroxylation sites is 1. The average Bonchev–Trinajstić information content (AvgIpc) is 2.78. The van der Waals surface area contributed by atoms with E-state index < -0.39 is 28.5 Å². The highest BCUT2D eigenvalue weighted by Gasteiger charge is 2.33. The fraction of sp³-hybridized carbons (Fsp3) is 0.440. The van der Waals surface area contributed by atoms with Crippen LogP contribution in [0.3, 0.4) is 0 Å². The molecular weight excluding hydrogens is 509 g/mol. The summed E-state index contributed by atoms with van der Waals surface area (Å²) in [5.41, 5.74) is 1.59. The first-order valence-electron chi connectivity index (χ1n) is 11.5. The van der Waals surface area contributed by atoms with Gasteiger partial charge < -0.3 is 10.2 Å². The Kier molecular flexibility index (Phi) is 10.4. The van der Waals surface area contributed by atoms with E-state index in [1.165, 1.54) is 4.90 Å². The highest BCUT2D eigenvalue weighted by Crippen LogP contribution is 2.28. The van der Waals surface area contributed by atoms with Crippen LogP contribution in [0, 0.1) is 6.92 Å². The number of benzene rings is 2. The lowest BCUT2D eigenvalue weighted by Gasteiger charge is -2.34. The minimum atomic E-state index is -3.80. The lowest BCUT2D eigenvalue weighted by molar-refractivity contribution is -0.140. The van der Waals surface area contributed by atoms with Crippen LogP contribution in [0.15, 0.2) is 42.5 Å². The summed E-state index contributed by atoms with van der Waals surface area (Å²) >= 11 is 12.8. The Morgan fingerprint density at radius 2 is 1.60 bits per heavy atom. The molecule has 0 saturated heterocycles. The number of anilines is 1. The number of rotatable bonds is 11. The van der Waals surface area contributed by atoms with Crippen LogP contribution < -0.4 is 9.62 Å². The minimum Gasteiger partial charge on any atom is -0.352 e. The van der Waals surface area contributed by atoms with Crippen molar-refractivity contribution in [3.63, 3.8) is 0 Å². The average molecular weight is 543 g/mol. The molecule has 35 heavy (non-hydrogen) atoms. The number of carbonyl (C=O) groups excluding carboxylic acids is 2. The van der Waals surface area contributed by atoms with Gasteiger partial charge in [0.05, 0.1) is 11.9 Å². The molecule has 192 valence electrons. The smallest absolute Gasteiger partial charge is 0.244 e. The Labute approximate surface area is 218 Å². The van der Waals surface area contributed by atoms with Crippen molar-refractivity contribution in [1.29, 1.82) is 0 Å². The molecule has 2 aromatic rings. The second kappa shape index (κ2) is 12.6. The summed E-state index contributed by atoms with van der Waals surface area (Å²) in [7, 11) is -3.80. The molecule has 0 aliphatic carbocycles. The summed E-state index contributed by atoms with van der Waals surface area (Å²) in [5.74, 6) is -0.860. The number of hydrogen-bond donors (Lipinski definition) is 1. The van der Waals surface area contributed by atoms with Gasteiger partial charge in [0, 0.05) is 28.2 Å². The number of aryl methyl sites for hydroxylation is 1. The zero-order valence-corrected chi connectivity index (χ0v) is 23.0. The molecule has 2 amide bonds. The molecule has 2 unspecified atom stereocenters. The SMILES string of the molecule is CCC(C)NC(=O)C(CC)N(Cc1c(Cl)cccc1Cl)C(=O)CN(c1ccccc1C)S(C)(=O)=O. The third-order valence-corrected chi connectivity index (χ3v) is 7.68. The number of halogens is 2. The molecule has 2 atom stereocenters. The van der Waals surface area contributed by atoms with Crippen molar-refractivity contribution in [1.82, 2.24) is 10.2 Å². The fourth-order valence-corrected chi connectivity index (χ4v) is 5.08. The first kappa shape index (κ1) is 28.9. The third kappa shape index (κ3) is 7.59. The molecule has 2 aromatic carbocycles. The monoisotopic (exact) mass is 541 g/mol. The van der Waals surface area contributed by atoms with Crippen LogP contribution in [-0.4, -0.2) is 50.0 Å². The highest BCUT2D eigenvalue weighted by atomic mass is 35.5. The van der Waals surface area contributed by atoms with Crippen LogP contribution >= 0.6 is 23.2 Å². The fourth-order valence-electron chi connectivity index (χ4n) is 3.65. The van der Waals surface area contributed by atoms with E-state index in [0.717, 1.165) is 17.0 Å². The zero-order chi connectivity index (χ0) is 26.3. The largest absolute Gasteiger partial charge is 0.352 e. The van der Waals surface area contributed by atoms with Crippen molar-refractivity contribution in [2.45, 2.75) is 59.2 Å². The molecule has 0 spiro atoms. The van der Waals surface area contributed by atoms with Crippen LogP contribution in [0.25, 0.3) is 0 Å². The van der Waals surface area contributed by atoms with Gasteiger partial charge in [-0.3, -0.25) is 13.9 Å². The molecule has 0 aromatic heterocycles. The van der Waals surface area contributed by atoms with Gasteiger partial charge in [0.15, 0.2) is 0 Å². The molecule has 0 saturated carbocycles. The van der Waals surface area contributed by atoms with Crippen LogP contribution in [0.1, 0.15) is 44.7 Å². The van der Waals surface area contributed by atoms with E-state index in [9.17, 15) is 18.0 Å². The van der Waals surface area contributed by atoms with Crippen LogP contribution in [0.5, 0.6) is 0 Å². The van der Waals surface area contributed by atoms with Gasteiger partial charge in [-0.25, -0.2) is 8.42 Å². The number of nitrogens with one attached hydrogen (secondary N) is 1. The van der Waals surface area contributed by atoms with Gasteiger partial charge in [-0.2, -0.15) is 0 Å². The Morgan fingerprint density at radius 1 is 1.00 bits per heavy atom. The quantitative estimate of drug-likeness (QED) is 0.443. The van der Waals surface area contributed by atoms with Gasteiger partial charge in [-0.05, 0) is 50.5 Å². The van der Waals surface area contributed by atoms with Crippen molar-refractivity contribution in [2.24, 2.45) is 0 Å². The predicted molar refractivity (Wildman–Crippen MR) is 142 cm³/mol. The predicted octanol–water partition coefficient (Wildman–Crippen LogP) is 4.79. The van der Waals surface area contributed by atoms with Gasteiger partial charge in [-0.15, -0.1) is 0 Å². The molecule has 1 N–H and O–H groups in total. The topological polar surface area (TPSA) is 86.8 Å². The maximum absolute atomic E-state index is 13.7. The second-order valence-electron chi connectivity index (χ2n) is 8.52. The lowest BCUT2D eigenvalue weighted by Crippen LogP contribution is -2.53. The van der Waals surface area contributed by atoms with Gasteiger partial charge in [0.2, 0.25) is 21.8 Å². The number of amides is 2. The Morgan fingerprint density at radius 3 is 2.11 bits per heavy atom. The first-order valence-corrected chi connectivity index (χ1v) is 14.1. The van der Waals surface area contributed by atoms with E-state index >= 15 is 0 Å². The van der Waals surface area contributed by atoms with Crippen molar-refractivity contribution in [3.05, 3.63) is 63.6 Å². The van der Waals surface area contributed by atoms with Gasteiger partial charge in [0.25, 0.3) is 0 Å². The molecule has 7 nitrogen and oxygen atoms in total. The number of carbonyl (C=O) groups is 2. The van der Waals surface area contributed by atoms with E-state index in [1.807, 2.05) is 13.8 Å². The molecule has 0 aliphatic heterocycles. The summed E-state index contributed by atoms with van der Waals surface area (Å²) in [5, 5.41) is 3.63. The minimum absolute atomic E-state index is 0.0465. The molecule has 10 heteroatoms. The molecule has 0 aliphatic rings. The third-order valence-electron chi connectivity index (χ3n) is 5.84. The Balaban J connectivity index is 2.52. The van der Waals surface area contributed by atoms with Crippen molar-refractivity contribution >= 4 is 50.7 Å². The summed E-state index contributed by atoms with van der Waals surface area (Å²) < 4.78 is 26.5. The van der Waals surface area contributed by atoms with Crippen LogP contribution in [0.4, 0.5) is 5.69 Å². The van der Waals surface area contributed by atoms with Crippen molar-refractivity contribution in [3.8, 4) is 0 Å². The number of hydrogen-bond acceptors (Lipinski definition) is 4. The highest BCUT2D eigenvalue weighted by molar-refractivity contribution is 7.92. The number of sulfonamides is 1. The Hall–Kier alpha value is -2.29. The van der Waals surface area contributed by atoms with E-state index in [1.54, 1.807) is 56.3 Å². The molecule has 0 heterocycles. The van der Waals surface area contributed by atoms with Crippen molar-refractivity contribution in [2.75, 3.05) is 17.1 Å². The Bertz CT molecular complexity index is 1140. The van der Waals surface area contributed by atoms with E-state index in [-0.39, 0.29) is 18.5 Å². The molecule has 0 radical (unpaired) electrons.